The molecule has 6 N–H and O–H groups in total. The van der Waals surface area contributed by atoms with Gasteiger partial charge in [-0.05, 0) is 0 Å². The lowest BCUT2D eigenvalue weighted by atomic mass is 10.3. The number of pyridine rings is 1. The Morgan fingerprint density at radius 2 is 1.78 bits per heavy atom. The van der Waals surface area contributed by atoms with E-state index in [0.717, 1.165) is 0 Å². The zero-order chi connectivity index (χ0) is 13.1. The second-order valence-corrected chi connectivity index (χ2v) is 3.65. The van der Waals surface area contributed by atoms with Gasteiger partial charge < -0.3 is 26.7 Å². The highest BCUT2D eigenvalue weighted by atomic mass is 16.5. The van der Waals surface area contributed by atoms with E-state index in [1.54, 1.807) is 31.4 Å². The van der Waals surface area contributed by atoms with E-state index < -0.39 is 0 Å². The maximum absolute atomic E-state index is 5.76. The summed E-state index contributed by atoms with van der Waals surface area (Å²) in [6.45, 7) is 0. The van der Waals surface area contributed by atoms with Crippen molar-refractivity contribution in [1.82, 2.24) is 4.98 Å². The molecule has 0 aliphatic carbocycles. The fourth-order valence-corrected chi connectivity index (χ4v) is 1.46. The number of hydrogen-bond donors (Lipinski definition) is 3. The van der Waals surface area contributed by atoms with Gasteiger partial charge in [-0.2, -0.15) is 0 Å². The molecule has 0 atom stereocenters. The number of nitrogens with two attached hydrogens (primary N) is 3. The Labute approximate surface area is 104 Å². The fraction of sp³-hybridized carbons (Fsp3) is 0.0833. The van der Waals surface area contributed by atoms with Gasteiger partial charge in [-0.25, -0.2) is 4.98 Å². The van der Waals surface area contributed by atoms with Gasteiger partial charge in [-0.15, -0.1) is 0 Å². The Hall–Kier alpha value is -2.63. The smallest absolute Gasteiger partial charge is 0.155 e. The maximum atomic E-state index is 5.76. The maximum Gasteiger partial charge on any atom is 0.155 e. The van der Waals surface area contributed by atoms with E-state index in [4.69, 9.17) is 26.7 Å². The van der Waals surface area contributed by atoms with Crippen molar-refractivity contribution in [2.24, 2.45) is 0 Å². The summed E-state index contributed by atoms with van der Waals surface area (Å²) in [4.78, 5) is 3.86. The Kier molecular flexibility index (Phi) is 3.09. The van der Waals surface area contributed by atoms with Gasteiger partial charge in [0.25, 0.3) is 0 Å². The molecule has 2 rings (SSSR count). The van der Waals surface area contributed by atoms with Gasteiger partial charge in [0.05, 0.1) is 7.11 Å². The third kappa shape index (κ3) is 2.37. The van der Waals surface area contributed by atoms with E-state index in [-0.39, 0.29) is 5.82 Å². The Morgan fingerprint density at radius 1 is 1.06 bits per heavy atom. The molecule has 1 aromatic carbocycles. The van der Waals surface area contributed by atoms with Crippen molar-refractivity contribution in [2.75, 3.05) is 24.3 Å². The van der Waals surface area contributed by atoms with Crippen molar-refractivity contribution in [2.45, 2.75) is 0 Å². The number of nitrogen functional groups attached to an aromatic ring is 3. The first-order chi connectivity index (χ1) is 8.60. The van der Waals surface area contributed by atoms with E-state index in [9.17, 15) is 0 Å². The summed E-state index contributed by atoms with van der Waals surface area (Å²) in [7, 11) is 1.55. The molecule has 0 amide bonds. The van der Waals surface area contributed by atoms with E-state index in [1.807, 2.05) is 0 Å². The first-order valence-corrected chi connectivity index (χ1v) is 5.22. The van der Waals surface area contributed by atoms with Crippen LogP contribution in [0, 0.1) is 0 Å². The van der Waals surface area contributed by atoms with Crippen LogP contribution in [0.25, 0.3) is 0 Å². The molecule has 0 saturated carbocycles. The van der Waals surface area contributed by atoms with Crippen LogP contribution in [0.1, 0.15) is 0 Å². The number of anilines is 3. The van der Waals surface area contributed by atoms with Crippen LogP contribution in [-0.2, 0) is 0 Å². The number of aromatic nitrogens is 1. The molecular formula is C12H14N4O2. The van der Waals surface area contributed by atoms with Crippen LogP contribution in [0.3, 0.4) is 0 Å². The summed E-state index contributed by atoms with van der Waals surface area (Å²) in [5.74, 6) is 1.77. The molecule has 6 nitrogen and oxygen atoms in total. The summed E-state index contributed by atoms with van der Waals surface area (Å²) >= 11 is 0. The van der Waals surface area contributed by atoms with Crippen molar-refractivity contribution in [3.8, 4) is 17.2 Å². The Morgan fingerprint density at radius 3 is 2.50 bits per heavy atom. The van der Waals surface area contributed by atoms with Crippen LogP contribution in [0.5, 0.6) is 17.2 Å². The first-order valence-electron chi connectivity index (χ1n) is 5.22. The lowest BCUT2D eigenvalue weighted by Crippen LogP contribution is -2.00. The predicted octanol–water partition coefficient (Wildman–Crippen LogP) is 1.63. The standard InChI is InChI=1S/C12H14N4O2/c1-17-8-4-7(13)5-9(6-8)18-10-2-3-16-12(15)11(10)14/h2-6H,13-14H2,1H3,(H2,15,16). The first kappa shape index (κ1) is 11.8. The zero-order valence-electron chi connectivity index (χ0n) is 9.88. The fourth-order valence-electron chi connectivity index (χ4n) is 1.46. The number of rotatable bonds is 3. The number of ether oxygens (including phenoxy) is 2. The molecule has 0 spiro atoms. The molecule has 1 aromatic heterocycles. The molecule has 0 fully saturated rings. The van der Waals surface area contributed by atoms with Crippen molar-refractivity contribution in [1.29, 1.82) is 0 Å². The van der Waals surface area contributed by atoms with Crippen molar-refractivity contribution < 1.29 is 9.47 Å². The molecule has 6 heteroatoms. The molecule has 94 valence electrons. The van der Waals surface area contributed by atoms with E-state index in [2.05, 4.69) is 4.98 Å². The SMILES string of the molecule is COc1cc(N)cc(Oc2ccnc(N)c2N)c1. The summed E-state index contributed by atoms with van der Waals surface area (Å²) < 4.78 is 10.7. The van der Waals surface area contributed by atoms with Gasteiger partial charge in [-0.1, -0.05) is 0 Å². The van der Waals surface area contributed by atoms with Crippen LogP contribution in [0.2, 0.25) is 0 Å². The molecule has 2 aromatic rings. The van der Waals surface area contributed by atoms with Crippen LogP contribution in [-0.4, -0.2) is 12.1 Å². The topological polar surface area (TPSA) is 109 Å². The highest BCUT2D eigenvalue weighted by Gasteiger charge is 2.07. The largest absolute Gasteiger partial charge is 0.497 e. The van der Waals surface area contributed by atoms with Gasteiger partial charge in [-0.3, -0.25) is 0 Å². The second-order valence-electron chi connectivity index (χ2n) is 3.65. The molecular weight excluding hydrogens is 232 g/mol. The number of hydrogen-bond acceptors (Lipinski definition) is 6. The lowest BCUT2D eigenvalue weighted by Gasteiger charge is -2.11. The average Bonchev–Trinajstić information content (AvgIpc) is 2.34. The minimum Gasteiger partial charge on any atom is -0.497 e. The molecule has 0 aliphatic heterocycles. The number of methoxy groups -OCH3 is 1. The summed E-state index contributed by atoms with van der Waals surface area (Å²) in [5, 5.41) is 0. The van der Waals surface area contributed by atoms with E-state index >= 15 is 0 Å². The van der Waals surface area contributed by atoms with Crippen molar-refractivity contribution in [3.05, 3.63) is 30.5 Å². The monoisotopic (exact) mass is 246 g/mol. The summed E-state index contributed by atoms with van der Waals surface area (Å²) in [6, 6.07) is 6.68. The Bertz CT molecular complexity index is 572. The molecule has 0 saturated heterocycles. The predicted molar refractivity (Wildman–Crippen MR) is 70.5 cm³/mol. The van der Waals surface area contributed by atoms with Crippen LogP contribution in [0.4, 0.5) is 17.2 Å². The highest BCUT2D eigenvalue weighted by molar-refractivity contribution is 5.67. The quantitative estimate of drug-likeness (QED) is 0.710. The average molecular weight is 246 g/mol. The minimum absolute atomic E-state index is 0.225. The third-order valence-corrected chi connectivity index (χ3v) is 2.35. The normalized spacial score (nSPS) is 10.1. The molecule has 18 heavy (non-hydrogen) atoms. The molecule has 0 bridgehead atoms. The third-order valence-electron chi connectivity index (χ3n) is 2.35. The minimum atomic E-state index is 0.225. The highest BCUT2D eigenvalue weighted by Crippen LogP contribution is 2.32. The van der Waals surface area contributed by atoms with Gasteiger partial charge in [0.1, 0.15) is 23.0 Å². The van der Waals surface area contributed by atoms with E-state index in [0.29, 0.717) is 28.6 Å². The Balaban J connectivity index is 2.34. The van der Waals surface area contributed by atoms with Gasteiger partial charge >= 0.3 is 0 Å². The second kappa shape index (κ2) is 4.70. The van der Waals surface area contributed by atoms with Crippen molar-refractivity contribution >= 4 is 17.2 Å². The summed E-state index contributed by atoms with van der Waals surface area (Å²) in [6.07, 6.45) is 1.52. The summed E-state index contributed by atoms with van der Waals surface area (Å²) in [5.41, 5.74) is 17.9. The zero-order valence-corrected chi connectivity index (χ0v) is 9.88. The van der Waals surface area contributed by atoms with E-state index in [1.165, 1.54) is 6.20 Å². The van der Waals surface area contributed by atoms with Crippen molar-refractivity contribution in [3.63, 3.8) is 0 Å². The van der Waals surface area contributed by atoms with Gasteiger partial charge in [0.2, 0.25) is 0 Å². The molecule has 1 heterocycles. The van der Waals surface area contributed by atoms with Crippen LogP contribution >= 0.6 is 0 Å². The number of nitrogens with zero attached hydrogens (tertiary/aromatic N) is 1. The number of benzene rings is 1. The van der Waals surface area contributed by atoms with Gasteiger partial charge in [0.15, 0.2) is 5.75 Å². The van der Waals surface area contributed by atoms with Gasteiger partial charge in [0, 0.05) is 36.1 Å². The molecule has 0 aliphatic rings. The van der Waals surface area contributed by atoms with Crippen LogP contribution < -0.4 is 26.7 Å². The lowest BCUT2D eigenvalue weighted by molar-refractivity contribution is 0.409. The molecule has 0 radical (unpaired) electrons. The van der Waals surface area contributed by atoms with Crippen LogP contribution in [0.15, 0.2) is 30.5 Å². The molecule has 0 unspecified atom stereocenters.